The van der Waals surface area contributed by atoms with Crippen LogP contribution in [0.2, 0.25) is 0 Å². The maximum absolute atomic E-state index is 12.0. The molecule has 0 radical (unpaired) electrons. The highest BCUT2D eigenvalue weighted by Gasteiger charge is 2.28. The molecule has 23 heavy (non-hydrogen) atoms. The number of imide groups is 1. The summed E-state index contributed by atoms with van der Waals surface area (Å²) in [5.74, 6) is -0.394. The third kappa shape index (κ3) is 4.79. The Balaban J connectivity index is 1.83. The lowest BCUT2D eigenvalue weighted by Crippen LogP contribution is -2.30. The number of nitrogens with zero attached hydrogens (tertiary/aromatic N) is 1. The van der Waals surface area contributed by atoms with Gasteiger partial charge >= 0.3 is 6.03 Å². The summed E-state index contributed by atoms with van der Waals surface area (Å²) < 4.78 is 5.20. The molecule has 1 aliphatic rings. The van der Waals surface area contributed by atoms with E-state index in [1.807, 2.05) is 6.92 Å². The molecule has 1 heterocycles. The number of benzene rings is 1. The lowest BCUT2D eigenvalue weighted by molar-refractivity contribution is -0.125. The van der Waals surface area contributed by atoms with Crippen LogP contribution in [-0.4, -0.2) is 49.0 Å². The van der Waals surface area contributed by atoms with Crippen LogP contribution in [0.1, 0.15) is 29.3 Å². The Morgan fingerprint density at radius 1 is 1.30 bits per heavy atom. The molecule has 0 atom stereocenters. The van der Waals surface area contributed by atoms with Crippen molar-refractivity contribution in [1.29, 1.82) is 0 Å². The Hall–Kier alpha value is -2.41. The normalized spacial score (nSPS) is 14.0. The highest BCUT2D eigenvalue weighted by atomic mass is 16.5. The zero-order valence-corrected chi connectivity index (χ0v) is 13.1. The standard InChI is InChI=1S/C16H21N3O4/c1-2-23-9-3-8-17-15(21)13-6-4-12(5-7-13)11-19-14(20)10-18-16(19)22/h4-7H,2-3,8-11H2,1H3,(H,17,21)(H,18,22). The first-order valence-corrected chi connectivity index (χ1v) is 7.65. The fourth-order valence-electron chi connectivity index (χ4n) is 2.18. The second-order valence-electron chi connectivity index (χ2n) is 5.14. The Kier molecular flexibility index (Phi) is 6.10. The molecule has 1 aromatic carbocycles. The molecule has 0 aliphatic carbocycles. The SMILES string of the molecule is CCOCCCNC(=O)c1ccc(CN2C(=O)CNC2=O)cc1. The summed E-state index contributed by atoms with van der Waals surface area (Å²) in [6.45, 7) is 4.04. The van der Waals surface area contributed by atoms with E-state index in [4.69, 9.17) is 4.74 Å². The third-order valence-corrected chi connectivity index (χ3v) is 3.45. The minimum absolute atomic E-state index is 0.0427. The van der Waals surface area contributed by atoms with Gasteiger partial charge in [0, 0.05) is 25.3 Å². The third-order valence-electron chi connectivity index (χ3n) is 3.45. The van der Waals surface area contributed by atoms with Crippen molar-refractivity contribution in [3.8, 4) is 0 Å². The zero-order chi connectivity index (χ0) is 16.7. The second-order valence-corrected chi connectivity index (χ2v) is 5.14. The van der Waals surface area contributed by atoms with Crippen LogP contribution >= 0.6 is 0 Å². The molecule has 1 aliphatic heterocycles. The van der Waals surface area contributed by atoms with Crippen LogP contribution < -0.4 is 10.6 Å². The van der Waals surface area contributed by atoms with Gasteiger partial charge in [0.05, 0.1) is 13.1 Å². The fraction of sp³-hybridized carbons (Fsp3) is 0.438. The molecule has 7 heteroatoms. The van der Waals surface area contributed by atoms with Crippen LogP contribution in [0.3, 0.4) is 0 Å². The fourth-order valence-corrected chi connectivity index (χ4v) is 2.18. The van der Waals surface area contributed by atoms with E-state index in [0.717, 1.165) is 16.9 Å². The van der Waals surface area contributed by atoms with Crippen molar-refractivity contribution < 1.29 is 19.1 Å². The van der Waals surface area contributed by atoms with Crippen molar-refractivity contribution >= 4 is 17.8 Å². The summed E-state index contributed by atoms with van der Waals surface area (Å²) in [6, 6.07) is 6.48. The van der Waals surface area contributed by atoms with Gasteiger partial charge in [-0.2, -0.15) is 0 Å². The molecule has 0 spiro atoms. The van der Waals surface area contributed by atoms with E-state index in [1.165, 1.54) is 0 Å². The molecule has 1 aromatic rings. The van der Waals surface area contributed by atoms with Crippen molar-refractivity contribution in [1.82, 2.24) is 15.5 Å². The van der Waals surface area contributed by atoms with Crippen LogP contribution in [0.15, 0.2) is 24.3 Å². The summed E-state index contributed by atoms with van der Waals surface area (Å²) in [5, 5.41) is 5.29. The van der Waals surface area contributed by atoms with Crippen LogP contribution in [0.5, 0.6) is 0 Å². The van der Waals surface area contributed by atoms with Crippen LogP contribution in [-0.2, 0) is 16.1 Å². The first-order chi connectivity index (χ1) is 11.1. The molecular formula is C16H21N3O4. The Morgan fingerprint density at radius 2 is 2.04 bits per heavy atom. The summed E-state index contributed by atoms with van der Waals surface area (Å²) in [6.07, 6.45) is 0.768. The number of amides is 4. The van der Waals surface area contributed by atoms with E-state index in [9.17, 15) is 14.4 Å². The minimum atomic E-state index is -0.383. The number of ether oxygens (including phenoxy) is 1. The summed E-state index contributed by atoms with van der Waals surface area (Å²) in [7, 11) is 0. The molecule has 2 N–H and O–H groups in total. The molecule has 7 nitrogen and oxygen atoms in total. The maximum Gasteiger partial charge on any atom is 0.324 e. The van der Waals surface area contributed by atoms with Crippen molar-refractivity contribution in [3.05, 3.63) is 35.4 Å². The van der Waals surface area contributed by atoms with E-state index in [0.29, 0.717) is 25.3 Å². The molecule has 1 fully saturated rings. The molecule has 124 valence electrons. The molecule has 0 unspecified atom stereocenters. The van der Waals surface area contributed by atoms with Crippen molar-refractivity contribution in [3.63, 3.8) is 0 Å². The Labute approximate surface area is 135 Å². The van der Waals surface area contributed by atoms with Crippen molar-refractivity contribution in [2.75, 3.05) is 26.3 Å². The van der Waals surface area contributed by atoms with Crippen LogP contribution in [0.25, 0.3) is 0 Å². The lowest BCUT2D eigenvalue weighted by Gasteiger charge is -2.12. The van der Waals surface area contributed by atoms with E-state index < -0.39 is 0 Å². The van der Waals surface area contributed by atoms with Gasteiger partial charge in [-0.05, 0) is 31.0 Å². The van der Waals surface area contributed by atoms with Gasteiger partial charge in [-0.15, -0.1) is 0 Å². The second kappa shape index (κ2) is 8.28. The van der Waals surface area contributed by atoms with Gasteiger partial charge in [-0.3, -0.25) is 14.5 Å². The average molecular weight is 319 g/mol. The quantitative estimate of drug-likeness (QED) is 0.550. The topological polar surface area (TPSA) is 87.7 Å². The number of rotatable bonds is 8. The smallest absolute Gasteiger partial charge is 0.324 e. The first-order valence-electron chi connectivity index (χ1n) is 7.65. The molecule has 4 amide bonds. The van der Waals surface area contributed by atoms with E-state index >= 15 is 0 Å². The van der Waals surface area contributed by atoms with Gasteiger partial charge in [0.25, 0.3) is 5.91 Å². The van der Waals surface area contributed by atoms with E-state index in [2.05, 4.69) is 10.6 Å². The number of urea groups is 1. The monoisotopic (exact) mass is 319 g/mol. The van der Waals surface area contributed by atoms with Gasteiger partial charge in [-0.25, -0.2) is 4.79 Å². The predicted molar refractivity (Wildman–Crippen MR) is 83.8 cm³/mol. The van der Waals surface area contributed by atoms with Crippen molar-refractivity contribution in [2.24, 2.45) is 0 Å². The highest BCUT2D eigenvalue weighted by Crippen LogP contribution is 2.10. The molecule has 0 aromatic heterocycles. The summed E-state index contributed by atoms with van der Waals surface area (Å²) in [5.41, 5.74) is 1.34. The van der Waals surface area contributed by atoms with Crippen LogP contribution in [0.4, 0.5) is 4.79 Å². The van der Waals surface area contributed by atoms with Gasteiger partial charge in [0.2, 0.25) is 5.91 Å². The average Bonchev–Trinajstić information content (AvgIpc) is 2.87. The molecular weight excluding hydrogens is 298 g/mol. The summed E-state index contributed by atoms with van der Waals surface area (Å²) in [4.78, 5) is 36.1. The molecule has 1 saturated heterocycles. The number of hydrogen-bond acceptors (Lipinski definition) is 4. The Bertz CT molecular complexity index is 555. The van der Waals surface area contributed by atoms with Crippen LogP contribution in [0, 0.1) is 0 Å². The number of carbonyl (C=O) groups is 3. The summed E-state index contributed by atoms with van der Waals surface area (Å²) >= 11 is 0. The molecule has 2 rings (SSSR count). The van der Waals surface area contributed by atoms with Gasteiger partial charge in [-0.1, -0.05) is 12.1 Å². The number of nitrogens with one attached hydrogen (secondary N) is 2. The first kappa shape index (κ1) is 17.0. The van der Waals surface area contributed by atoms with Crippen molar-refractivity contribution in [2.45, 2.75) is 19.9 Å². The highest BCUT2D eigenvalue weighted by molar-refractivity contribution is 6.01. The van der Waals surface area contributed by atoms with Gasteiger partial charge < -0.3 is 15.4 Å². The molecule has 0 bridgehead atoms. The number of carbonyl (C=O) groups excluding carboxylic acids is 3. The van der Waals surface area contributed by atoms with Gasteiger partial charge in [0.1, 0.15) is 0 Å². The largest absolute Gasteiger partial charge is 0.382 e. The van der Waals surface area contributed by atoms with E-state index in [-0.39, 0.29) is 30.9 Å². The minimum Gasteiger partial charge on any atom is -0.382 e. The zero-order valence-electron chi connectivity index (χ0n) is 13.1. The Morgan fingerprint density at radius 3 is 2.65 bits per heavy atom. The lowest BCUT2D eigenvalue weighted by atomic mass is 10.1. The van der Waals surface area contributed by atoms with Gasteiger partial charge in [0.15, 0.2) is 0 Å². The molecule has 0 saturated carbocycles. The predicted octanol–water partition coefficient (Wildman–Crippen LogP) is 0.895. The van der Waals surface area contributed by atoms with E-state index in [1.54, 1.807) is 24.3 Å². The maximum atomic E-state index is 12.0. The number of hydrogen-bond donors (Lipinski definition) is 2.